The van der Waals surface area contributed by atoms with Crippen molar-refractivity contribution in [1.82, 2.24) is 20.0 Å². The molecule has 1 aliphatic heterocycles. The number of nitrogens with one attached hydrogen (secondary N) is 2. The molecule has 0 radical (unpaired) electrons. The Morgan fingerprint density at radius 3 is 2.47 bits per heavy atom. The molecular weight excluding hydrogens is 464 g/mol. The highest BCUT2D eigenvalue weighted by Crippen LogP contribution is 2.30. The Morgan fingerprint density at radius 1 is 1.14 bits per heavy atom. The third-order valence-electron chi connectivity index (χ3n) is 6.58. The van der Waals surface area contributed by atoms with Crippen molar-refractivity contribution in [3.63, 3.8) is 0 Å². The van der Waals surface area contributed by atoms with Crippen LogP contribution in [0.25, 0.3) is 5.69 Å². The summed E-state index contributed by atoms with van der Waals surface area (Å²) in [5.74, 6) is -0.775. The van der Waals surface area contributed by atoms with Crippen molar-refractivity contribution in [3.05, 3.63) is 77.0 Å². The van der Waals surface area contributed by atoms with Gasteiger partial charge in [-0.3, -0.25) is 10.2 Å². The molecule has 2 N–H and O–H groups in total. The third-order valence-corrected chi connectivity index (χ3v) is 6.58. The van der Waals surface area contributed by atoms with Crippen LogP contribution in [0.2, 0.25) is 0 Å². The van der Waals surface area contributed by atoms with Crippen molar-refractivity contribution < 1.29 is 18.3 Å². The van der Waals surface area contributed by atoms with Crippen LogP contribution >= 0.6 is 0 Å². The molecule has 36 heavy (non-hydrogen) atoms. The predicted molar refractivity (Wildman–Crippen MR) is 136 cm³/mol. The molecule has 4 rings (SSSR count). The number of aromatic nitrogens is 2. The van der Waals surface area contributed by atoms with Crippen molar-refractivity contribution in [1.29, 1.82) is 0 Å². The molecule has 2 heterocycles. The van der Waals surface area contributed by atoms with E-state index in [9.17, 15) is 13.6 Å². The second-order valence-corrected chi connectivity index (χ2v) is 9.53. The molecule has 0 saturated carbocycles. The second-order valence-electron chi connectivity index (χ2n) is 9.53. The lowest BCUT2D eigenvalue weighted by Crippen LogP contribution is -2.42. The van der Waals surface area contributed by atoms with E-state index in [0.29, 0.717) is 37.6 Å². The largest absolute Gasteiger partial charge is 0.383 e. The highest BCUT2D eigenvalue weighted by Gasteiger charge is 2.35. The van der Waals surface area contributed by atoms with Gasteiger partial charge in [0.15, 0.2) is 0 Å². The van der Waals surface area contributed by atoms with Gasteiger partial charge in [-0.05, 0) is 42.7 Å². The molecule has 0 aliphatic carbocycles. The quantitative estimate of drug-likeness (QED) is 0.468. The first kappa shape index (κ1) is 25.8. The van der Waals surface area contributed by atoms with Gasteiger partial charge < -0.3 is 10.1 Å². The van der Waals surface area contributed by atoms with E-state index < -0.39 is 17.7 Å². The van der Waals surface area contributed by atoms with Crippen molar-refractivity contribution in [3.8, 4) is 5.69 Å². The van der Waals surface area contributed by atoms with Crippen molar-refractivity contribution >= 4 is 11.8 Å². The molecule has 1 saturated heterocycles. The fourth-order valence-corrected chi connectivity index (χ4v) is 4.84. The number of likely N-dealkylation sites (tertiary alicyclic amines) is 1. The van der Waals surface area contributed by atoms with Gasteiger partial charge in [-0.1, -0.05) is 32.0 Å². The molecule has 2 amide bonds. The molecule has 7 nitrogen and oxygen atoms in total. The fourth-order valence-electron chi connectivity index (χ4n) is 4.84. The van der Waals surface area contributed by atoms with Gasteiger partial charge in [-0.2, -0.15) is 5.10 Å². The Morgan fingerprint density at radius 2 is 1.83 bits per heavy atom. The van der Waals surface area contributed by atoms with Crippen LogP contribution in [0.5, 0.6) is 0 Å². The van der Waals surface area contributed by atoms with E-state index in [0.717, 1.165) is 23.0 Å². The molecule has 9 heteroatoms. The molecule has 0 spiro atoms. The number of benzene rings is 2. The number of urea groups is 1. The minimum absolute atomic E-state index is 0.176. The Hall–Kier alpha value is -3.30. The molecular formula is C27H33F2N5O2. The number of nitrogens with zero attached hydrogens (tertiary/aromatic N) is 3. The zero-order valence-electron chi connectivity index (χ0n) is 21.1. The number of para-hydroxylation sites is 1. The highest BCUT2D eigenvalue weighted by molar-refractivity contribution is 5.90. The first-order chi connectivity index (χ1) is 17.3. The fraction of sp³-hybridized carbons (Fsp3) is 0.407. The number of methoxy groups -OCH3 is 1. The Bertz CT molecular complexity index is 1180. The van der Waals surface area contributed by atoms with Crippen LogP contribution in [-0.4, -0.2) is 60.1 Å². The Labute approximate surface area is 210 Å². The molecule has 1 fully saturated rings. The minimum Gasteiger partial charge on any atom is -0.383 e. The monoisotopic (exact) mass is 497 g/mol. The second kappa shape index (κ2) is 11.2. The van der Waals surface area contributed by atoms with Gasteiger partial charge in [0.1, 0.15) is 17.5 Å². The summed E-state index contributed by atoms with van der Waals surface area (Å²) in [6.45, 7) is 8.33. The predicted octanol–water partition coefficient (Wildman–Crippen LogP) is 4.82. The van der Waals surface area contributed by atoms with Crippen LogP contribution in [-0.2, 0) is 4.74 Å². The van der Waals surface area contributed by atoms with E-state index in [1.165, 1.54) is 12.1 Å². The zero-order chi connectivity index (χ0) is 25.8. The Kier molecular flexibility index (Phi) is 8.01. The summed E-state index contributed by atoms with van der Waals surface area (Å²) < 4.78 is 34.9. The molecule has 192 valence electrons. The van der Waals surface area contributed by atoms with Crippen molar-refractivity contribution in [2.45, 2.75) is 38.6 Å². The summed E-state index contributed by atoms with van der Waals surface area (Å²) in [5.41, 5.74) is 3.14. The van der Waals surface area contributed by atoms with Gasteiger partial charge in [0.25, 0.3) is 0 Å². The Balaban J connectivity index is 1.58. The lowest BCUT2D eigenvalue weighted by atomic mass is 9.94. The highest BCUT2D eigenvalue weighted by atomic mass is 19.1. The van der Waals surface area contributed by atoms with Crippen LogP contribution < -0.4 is 10.6 Å². The molecule has 2 atom stereocenters. The zero-order valence-corrected chi connectivity index (χ0v) is 21.1. The average molecular weight is 498 g/mol. The van der Waals surface area contributed by atoms with Gasteiger partial charge in [0.2, 0.25) is 0 Å². The number of halogens is 2. The van der Waals surface area contributed by atoms with E-state index in [2.05, 4.69) is 29.4 Å². The SMILES string of the molecule is COCCN1C[C@@H](NC(=O)Nc2c(C)c(C(C)C)nn2-c2ccccc2)[C@H](c2cc(F)cc(F)c2)C1. The van der Waals surface area contributed by atoms with E-state index in [-0.39, 0.29) is 17.9 Å². The normalized spacial score (nSPS) is 18.1. The summed E-state index contributed by atoms with van der Waals surface area (Å²) in [5, 5.41) is 10.8. The topological polar surface area (TPSA) is 71.4 Å². The van der Waals surface area contributed by atoms with Gasteiger partial charge >= 0.3 is 6.03 Å². The van der Waals surface area contributed by atoms with Crippen molar-refractivity contribution in [2.24, 2.45) is 0 Å². The van der Waals surface area contributed by atoms with Gasteiger partial charge in [0.05, 0.1) is 24.0 Å². The lowest BCUT2D eigenvalue weighted by molar-refractivity contribution is 0.159. The summed E-state index contributed by atoms with van der Waals surface area (Å²) >= 11 is 0. The number of amides is 2. The lowest BCUT2D eigenvalue weighted by Gasteiger charge is -2.21. The molecule has 1 aliphatic rings. The van der Waals surface area contributed by atoms with Gasteiger partial charge in [-0.15, -0.1) is 0 Å². The summed E-state index contributed by atoms with van der Waals surface area (Å²) in [4.78, 5) is 15.4. The number of anilines is 1. The number of hydrogen-bond donors (Lipinski definition) is 2. The van der Waals surface area contributed by atoms with E-state index in [4.69, 9.17) is 9.84 Å². The summed E-state index contributed by atoms with van der Waals surface area (Å²) in [6.07, 6.45) is 0. The van der Waals surface area contributed by atoms with Crippen LogP contribution in [0.4, 0.5) is 19.4 Å². The maximum Gasteiger partial charge on any atom is 0.320 e. The number of carbonyl (C=O) groups is 1. The molecule has 0 bridgehead atoms. The van der Waals surface area contributed by atoms with Gasteiger partial charge in [-0.25, -0.2) is 18.3 Å². The minimum atomic E-state index is -0.632. The summed E-state index contributed by atoms with van der Waals surface area (Å²) in [6, 6.07) is 12.4. The molecule has 3 aromatic rings. The number of rotatable bonds is 8. The van der Waals surface area contributed by atoms with E-state index in [1.54, 1.807) is 11.8 Å². The van der Waals surface area contributed by atoms with Crippen LogP contribution in [0.3, 0.4) is 0 Å². The smallest absolute Gasteiger partial charge is 0.320 e. The summed E-state index contributed by atoms with van der Waals surface area (Å²) in [7, 11) is 1.63. The number of hydrogen-bond acceptors (Lipinski definition) is 4. The number of ether oxygens (including phenoxy) is 1. The van der Waals surface area contributed by atoms with Crippen LogP contribution in [0.1, 0.15) is 42.5 Å². The van der Waals surface area contributed by atoms with Crippen molar-refractivity contribution in [2.75, 3.05) is 38.7 Å². The maximum absolute atomic E-state index is 14.0. The third kappa shape index (κ3) is 5.74. The maximum atomic E-state index is 14.0. The van der Waals surface area contributed by atoms with Gasteiger partial charge in [0, 0.05) is 44.3 Å². The van der Waals surface area contributed by atoms with E-state index in [1.807, 2.05) is 37.3 Å². The average Bonchev–Trinajstić information content (AvgIpc) is 3.38. The number of carbonyl (C=O) groups excluding carboxylic acids is 1. The molecule has 1 aromatic heterocycles. The first-order valence-corrected chi connectivity index (χ1v) is 12.2. The van der Waals surface area contributed by atoms with Crippen LogP contribution in [0.15, 0.2) is 48.5 Å². The standard InChI is InChI=1S/C27H33F2N5O2/c1-17(2)25-18(3)26(34(32-25)22-8-6-5-7-9-22)31-27(35)30-24-16-33(10-11-36-4)15-23(24)19-12-20(28)14-21(29)13-19/h5-9,12-14,17,23-24H,10-11,15-16H2,1-4H3,(H2,30,31,35)/t23-,24+/m0/s1. The molecule has 0 unspecified atom stereocenters. The first-order valence-electron chi connectivity index (χ1n) is 12.2. The van der Waals surface area contributed by atoms with E-state index >= 15 is 0 Å². The van der Waals surface area contributed by atoms with Crippen LogP contribution in [0, 0.1) is 18.6 Å². The molecule has 2 aromatic carbocycles.